The zero-order valence-electron chi connectivity index (χ0n) is 15.6. The monoisotopic (exact) mass is 372 g/mol. The molecule has 1 aliphatic rings. The van der Waals surface area contributed by atoms with Gasteiger partial charge in [-0.3, -0.25) is 4.79 Å². The van der Waals surface area contributed by atoms with E-state index >= 15 is 0 Å². The Labute approximate surface area is 158 Å². The molecule has 1 aliphatic heterocycles. The lowest BCUT2D eigenvalue weighted by molar-refractivity contribution is -0.116. The Hall–Kier alpha value is -2.60. The van der Waals surface area contributed by atoms with E-state index in [0.717, 1.165) is 43.1 Å². The van der Waals surface area contributed by atoms with Gasteiger partial charge in [0.15, 0.2) is 0 Å². The average molecular weight is 372 g/mol. The number of amides is 1. The van der Waals surface area contributed by atoms with Crippen molar-refractivity contribution in [3.63, 3.8) is 0 Å². The maximum atomic E-state index is 12.9. The van der Waals surface area contributed by atoms with Crippen LogP contribution in [0.15, 0.2) is 42.5 Å². The highest BCUT2D eigenvalue weighted by atomic mass is 19.1. The fraction of sp³-hybridized carbons (Fsp3) is 0.381. The molecule has 1 atom stereocenters. The van der Waals surface area contributed by atoms with Crippen LogP contribution in [-0.4, -0.2) is 31.3 Å². The van der Waals surface area contributed by atoms with Crippen molar-refractivity contribution in [2.75, 3.05) is 23.8 Å². The molecule has 27 heavy (non-hydrogen) atoms. The number of ether oxygens (including phenoxy) is 2. The van der Waals surface area contributed by atoms with Crippen molar-refractivity contribution in [2.45, 2.75) is 38.8 Å². The van der Waals surface area contributed by atoms with E-state index in [0.29, 0.717) is 5.69 Å². The number of rotatable bonds is 6. The predicted molar refractivity (Wildman–Crippen MR) is 104 cm³/mol. The second kappa shape index (κ2) is 8.86. The lowest BCUT2D eigenvalue weighted by Crippen LogP contribution is -2.31. The summed E-state index contributed by atoms with van der Waals surface area (Å²) in [5, 5.41) is 5.95. The zero-order valence-corrected chi connectivity index (χ0v) is 15.6. The normalized spacial score (nSPS) is 15.8. The second-order valence-corrected chi connectivity index (χ2v) is 6.77. The van der Waals surface area contributed by atoms with E-state index in [2.05, 4.69) is 10.6 Å². The number of nitrogens with one attached hydrogen (secondary N) is 2. The molecule has 1 unspecified atom stereocenters. The molecule has 6 heteroatoms. The van der Waals surface area contributed by atoms with Crippen LogP contribution in [0, 0.1) is 12.7 Å². The van der Waals surface area contributed by atoms with E-state index in [4.69, 9.17) is 9.47 Å². The van der Waals surface area contributed by atoms with Crippen molar-refractivity contribution < 1.29 is 18.7 Å². The van der Waals surface area contributed by atoms with E-state index in [-0.39, 0.29) is 17.8 Å². The van der Waals surface area contributed by atoms with E-state index in [1.54, 1.807) is 6.92 Å². The van der Waals surface area contributed by atoms with Gasteiger partial charge >= 0.3 is 0 Å². The van der Waals surface area contributed by atoms with Crippen LogP contribution in [0.3, 0.4) is 0 Å². The largest absolute Gasteiger partial charge is 0.490 e. The standard InChI is InChI=1S/C21H25FN2O3/c1-14-13-18(7-8-20(14)27-19-9-11-26-12-10-19)23-15(2)21(25)24-17-5-3-16(22)4-6-17/h3-8,13,15,19,23H,9-12H2,1-2H3,(H,24,25). The quantitative estimate of drug-likeness (QED) is 0.800. The van der Waals surface area contributed by atoms with E-state index < -0.39 is 6.04 Å². The summed E-state index contributed by atoms with van der Waals surface area (Å²) in [5.41, 5.74) is 2.41. The van der Waals surface area contributed by atoms with Gasteiger partial charge in [-0.25, -0.2) is 4.39 Å². The summed E-state index contributed by atoms with van der Waals surface area (Å²) in [6.45, 7) is 5.25. The van der Waals surface area contributed by atoms with E-state index in [1.807, 2.05) is 25.1 Å². The number of benzene rings is 2. The van der Waals surface area contributed by atoms with Crippen LogP contribution in [0.2, 0.25) is 0 Å². The van der Waals surface area contributed by atoms with Crippen molar-refractivity contribution in [2.24, 2.45) is 0 Å². The molecule has 0 saturated carbocycles. The van der Waals surface area contributed by atoms with Gasteiger partial charge in [-0.2, -0.15) is 0 Å². The van der Waals surface area contributed by atoms with Crippen LogP contribution in [0.25, 0.3) is 0 Å². The molecule has 0 aromatic heterocycles. The lowest BCUT2D eigenvalue weighted by Gasteiger charge is -2.24. The molecule has 1 amide bonds. The first-order valence-corrected chi connectivity index (χ1v) is 9.19. The minimum atomic E-state index is -0.447. The summed E-state index contributed by atoms with van der Waals surface area (Å²) in [6.07, 6.45) is 2.00. The molecular weight excluding hydrogens is 347 g/mol. The van der Waals surface area contributed by atoms with Gasteiger partial charge in [0.25, 0.3) is 0 Å². The van der Waals surface area contributed by atoms with Gasteiger partial charge < -0.3 is 20.1 Å². The van der Waals surface area contributed by atoms with Crippen LogP contribution >= 0.6 is 0 Å². The van der Waals surface area contributed by atoms with Crippen molar-refractivity contribution in [1.29, 1.82) is 0 Å². The van der Waals surface area contributed by atoms with E-state index in [9.17, 15) is 9.18 Å². The fourth-order valence-electron chi connectivity index (χ4n) is 2.94. The van der Waals surface area contributed by atoms with Gasteiger partial charge in [0.05, 0.1) is 13.2 Å². The molecule has 1 heterocycles. The predicted octanol–water partition coefficient (Wildman–Crippen LogP) is 4.13. The molecule has 2 aromatic carbocycles. The average Bonchev–Trinajstić information content (AvgIpc) is 2.66. The highest BCUT2D eigenvalue weighted by Crippen LogP contribution is 2.25. The Bertz CT molecular complexity index is 773. The number of aryl methyl sites for hydroxylation is 1. The number of hydrogen-bond donors (Lipinski definition) is 2. The molecule has 1 saturated heterocycles. The van der Waals surface area contributed by atoms with Crippen molar-refractivity contribution in [3.8, 4) is 5.75 Å². The number of carbonyl (C=O) groups excluding carboxylic acids is 1. The molecule has 0 bridgehead atoms. The molecule has 2 aromatic rings. The fourth-order valence-corrected chi connectivity index (χ4v) is 2.94. The third-order valence-electron chi connectivity index (χ3n) is 4.53. The van der Waals surface area contributed by atoms with Gasteiger partial charge in [0.1, 0.15) is 23.7 Å². The SMILES string of the molecule is Cc1cc(NC(C)C(=O)Nc2ccc(F)cc2)ccc1OC1CCOCC1. The first-order valence-electron chi connectivity index (χ1n) is 9.19. The van der Waals surface area contributed by atoms with Gasteiger partial charge in [-0.15, -0.1) is 0 Å². The number of carbonyl (C=O) groups is 1. The third-order valence-corrected chi connectivity index (χ3v) is 4.53. The summed E-state index contributed by atoms with van der Waals surface area (Å²) in [6, 6.07) is 11.1. The minimum absolute atomic E-state index is 0.191. The molecule has 0 spiro atoms. The van der Waals surface area contributed by atoms with Crippen LogP contribution in [0.5, 0.6) is 5.75 Å². The molecule has 5 nitrogen and oxygen atoms in total. The summed E-state index contributed by atoms with van der Waals surface area (Å²) in [5.74, 6) is 0.329. The van der Waals surface area contributed by atoms with Crippen molar-refractivity contribution >= 4 is 17.3 Å². The van der Waals surface area contributed by atoms with Crippen molar-refractivity contribution in [1.82, 2.24) is 0 Å². The van der Waals surface area contributed by atoms with Gasteiger partial charge in [0.2, 0.25) is 5.91 Å². The first kappa shape index (κ1) is 19.2. The Balaban J connectivity index is 1.56. The molecule has 144 valence electrons. The molecule has 0 radical (unpaired) electrons. The minimum Gasteiger partial charge on any atom is -0.490 e. The number of halogens is 1. The maximum Gasteiger partial charge on any atom is 0.246 e. The number of hydrogen-bond acceptors (Lipinski definition) is 4. The molecule has 0 aliphatic carbocycles. The Morgan fingerprint density at radius 2 is 1.81 bits per heavy atom. The Morgan fingerprint density at radius 1 is 1.15 bits per heavy atom. The van der Waals surface area contributed by atoms with Crippen molar-refractivity contribution in [3.05, 3.63) is 53.8 Å². The van der Waals surface area contributed by atoms with Gasteiger partial charge in [-0.05, 0) is 61.9 Å². The highest BCUT2D eigenvalue weighted by Gasteiger charge is 2.17. The Kier molecular flexibility index (Phi) is 6.29. The third kappa shape index (κ3) is 5.44. The van der Waals surface area contributed by atoms with Crippen LogP contribution in [0.1, 0.15) is 25.3 Å². The van der Waals surface area contributed by atoms with Gasteiger partial charge in [0, 0.05) is 24.2 Å². The summed E-state index contributed by atoms with van der Waals surface area (Å²) in [7, 11) is 0. The van der Waals surface area contributed by atoms with E-state index in [1.165, 1.54) is 24.3 Å². The smallest absolute Gasteiger partial charge is 0.246 e. The highest BCUT2D eigenvalue weighted by molar-refractivity contribution is 5.96. The summed E-state index contributed by atoms with van der Waals surface area (Å²) < 4.78 is 24.4. The molecule has 2 N–H and O–H groups in total. The summed E-state index contributed by atoms with van der Waals surface area (Å²) >= 11 is 0. The zero-order chi connectivity index (χ0) is 19.2. The molecular formula is C21H25FN2O3. The lowest BCUT2D eigenvalue weighted by atomic mass is 10.1. The molecule has 3 rings (SSSR count). The van der Waals surface area contributed by atoms with Crippen LogP contribution < -0.4 is 15.4 Å². The maximum absolute atomic E-state index is 12.9. The van der Waals surface area contributed by atoms with Crippen LogP contribution in [-0.2, 0) is 9.53 Å². The topological polar surface area (TPSA) is 59.6 Å². The first-order chi connectivity index (χ1) is 13.0. The second-order valence-electron chi connectivity index (χ2n) is 6.77. The molecule has 1 fully saturated rings. The van der Waals surface area contributed by atoms with Crippen LogP contribution in [0.4, 0.5) is 15.8 Å². The number of anilines is 2. The van der Waals surface area contributed by atoms with Gasteiger partial charge in [-0.1, -0.05) is 0 Å². The summed E-state index contributed by atoms with van der Waals surface area (Å²) in [4.78, 5) is 12.3. The Morgan fingerprint density at radius 3 is 2.48 bits per heavy atom.